The molecule has 0 fully saturated rings. The van der Waals surface area contributed by atoms with Crippen LogP contribution in [0, 0.1) is 138 Å². The van der Waals surface area contributed by atoms with Crippen molar-refractivity contribution < 1.29 is 16.5 Å². The van der Waals surface area contributed by atoms with Crippen molar-refractivity contribution in [3.05, 3.63) is 166 Å². The summed E-state index contributed by atoms with van der Waals surface area (Å²) in [7, 11) is 0. The van der Waals surface area contributed by atoms with Gasteiger partial charge >= 0.3 is 16.5 Å². The number of allylic oxidation sites excluding steroid dienone is 4. The molecule has 0 spiro atoms. The monoisotopic (exact) mass is 1310 g/mol. The van der Waals surface area contributed by atoms with Crippen LogP contribution in [0.2, 0.25) is 0 Å². The summed E-state index contributed by atoms with van der Waals surface area (Å²) in [6.45, 7) is 51.2. The molecule has 0 atom stereocenters. The van der Waals surface area contributed by atoms with Crippen LogP contribution in [0.5, 0.6) is 0 Å². The molecule has 2 aliphatic heterocycles. The van der Waals surface area contributed by atoms with E-state index in [1.807, 2.05) is 24.3 Å². The molecule has 4 nitrogen and oxygen atoms in total. The van der Waals surface area contributed by atoms with Crippen LogP contribution >= 0.6 is 0 Å². The van der Waals surface area contributed by atoms with Crippen molar-refractivity contribution in [2.45, 2.75) is 166 Å². The number of rotatable bonds is 4. The van der Waals surface area contributed by atoms with Crippen LogP contribution in [-0.4, -0.2) is 9.97 Å². The molecule has 0 saturated heterocycles. The Morgan fingerprint density at radius 2 is 0.381 bits per heavy atom. The van der Waals surface area contributed by atoms with Crippen molar-refractivity contribution in [1.29, 1.82) is 0 Å². The Bertz CT molecular complexity index is 4400. The molecule has 0 saturated carbocycles. The van der Waals surface area contributed by atoms with E-state index in [1.165, 1.54) is 0 Å². The van der Waals surface area contributed by atoms with Crippen LogP contribution < -0.4 is 9.97 Å². The summed E-state index contributed by atoms with van der Waals surface area (Å²) in [6.07, 6.45) is 0. The van der Waals surface area contributed by atoms with E-state index in [9.17, 15) is 0 Å². The molecule has 5 heteroatoms. The zero-order valence-electron chi connectivity index (χ0n) is 61.7. The van der Waals surface area contributed by atoms with Gasteiger partial charge in [0.25, 0.3) is 0 Å². The first-order chi connectivity index (χ1) is 44.6. The van der Waals surface area contributed by atoms with Crippen molar-refractivity contribution in [3.8, 4) is 139 Å². The van der Waals surface area contributed by atoms with Crippen molar-refractivity contribution in [2.75, 3.05) is 0 Å². The first kappa shape index (κ1) is 73.3. The van der Waals surface area contributed by atoms with Gasteiger partial charge in [-0.2, -0.15) is 0 Å². The largest absolute Gasteiger partial charge is 2.00 e. The van der Waals surface area contributed by atoms with E-state index < -0.39 is 43.3 Å². The molecule has 9 rings (SSSR count). The second kappa shape index (κ2) is 27.9. The van der Waals surface area contributed by atoms with Crippen molar-refractivity contribution >= 4 is 44.4 Å². The van der Waals surface area contributed by atoms with Gasteiger partial charge in [-0.05, 0) is 211 Å². The van der Waals surface area contributed by atoms with Gasteiger partial charge in [-0.1, -0.05) is 216 Å². The smallest absolute Gasteiger partial charge is 0.655 e. The van der Waals surface area contributed by atoms with E-state index in [0.717, 1.165) is 22.3 Å². The molecule has 7 aromatic rings. The van der Waals surface area contributed by atoms with Crippen LogP contribution in [0.25, 0.3) is 88.9 Å². The summed E-state index contributed by atoms with van der Waals surface area (Å²) in [5.74, 6) is 60.3. The summed E-state index contributed by atoms with van der Waals surface area (Å²) < 4.78 is 0. The van der Waals surface area contributed by atoms with E-state index in [2.05, 4.69) is 358 Å². The number of nitrogens with zero attached hydrogens (tertiary/aromatic N) is 4. The van der Waals surface area contributed by atoms with Gasteiger partial charge in [0.1, 0.15) is 0 Å². The minimum absolute atomic E-state index is 0. The average molecular weight is 1310 g/mol. The Labute approximate surface area is 592 Å². The van der Waals surface area contributed by atoms with Crippen molar-refractivity contribution in [3.63, 3.8) is 0 Å². The summed E-state index contributed by atoms with van der Waals surface area (Å²) in [4.78, 5) is 24.6. The normalized spacial score (nSPS) is 12.5. The Balaban J connectivity index is 0.0000120. The quantitative estimate of drug-likeness (QED) is 0.130. The molecule has 97 heavy (non-hydrogen) atoms. The Hall–Kier alpha value is -9.55. The number of hydrogen-bond donors (Lipinski definition) is 0. The molecular weight excluding hydrogens is 1220 g/mol. The van der Waals surface area contributed by atoms with Gasteiger partial charge < -0.3 is 9.97 Å². The molecule has 490 valence electrons. The molecule has 5 heterocycles. The minimum atomic E-state index is -0.459. The van der Waals surface area contributed by atoms with Crippen LogP contribution in [-0.2, 0) is 16.5 Å². The SMILES string of the molecule is CC(C)(C)C#CC1=C(C#CC(C)(C)C)c2nc1c(-c1ccccc1)c1[n-]c(c(C#CC(C)(C)C)c1C#CC(C)(C)C)c(-c1ccccc1)c1nc(c(-c3ccccc3)c3[n-]c(c(C#CC(C)(C)C)c3C#CC(C)(C)C)c2-c2ccccc2)C(C#CC(C)(C)C)=C1C#CC(C)(C)C.[Ni+2]. The van der Waals surface area contributed by atoms with Gasteiger partial charge in [0.05, 0.1) is 45.1 Å². The molecular formula is C92H92N4Ni. The zero-order valence-corrected chi connectivity index (χ0v) is 62.6. The van der Waals surface area contributed by atoms with E-state index in [0.29, 0.717) is 112 Å². The number of fused-ring (bicyclic) bond motifs is 8. The maximum atomic E-state index is 6.15. The van der Waals surface area contributed by atoms with E-state index in [-0.39, 0.29) is 16.5 Å². The summed E-state index contributed by atoms with van der Waals surface area (Å²) in [5, 5.41) is 0. The van der Waals surface area contributed by atoms with Crippen LogP contribution in [0.15, 0.2) is 121 Å². The Morgan fingerprint density at radius 1 is 0.227 bits per heavy atom. The molecule has 0 aliphatic carbocycles. The molecule has 4 aromatic carbocycles. The molecule has 0 unspecified atom stereocenters. The van der Waals surface area contributed by atoms with Gasteiger partial charge in [0.15, 0.2) is 0 Å². The molecule has 0 amide bonds. The van der Waals surface area contributed by atoms with E-state index in [1.54, 1.807) is 0 Å². The fourth-order valence-electron chi connectivity index (χ4n) is 10.2. The average Bonchev–Trinajstić information content (AvgIpc) is 1.57. The van der Waals surface area contributed by atoms with E-state index >= 15 is 0 Å². The van der Waals surface area contributed by atoms with Crippen LogP contribution in [0.4, 0.5) is 0 Å². The topological polar surface area (TPSA) is 54.0 Å². The zero-order chi connectivity index (χ0) is 70.1. The molecule has 0 N–H and O–H groups in total. The van der Waals surface area contributed by atoms with Gasteiger partial charge in [-0.15, -0.1) is 22.1 Å². The van der Waals surface area contributed by atoms with E-state index in [4.69, 9.17) is 19.9 Å². The number of aromatic nitrogens is 4. The van der Waals surface area contributed by atoms with Crippen molar-refractivity contribution in [2.24, 2.45) is 43.3 Å². The van der Waals surface area contributed by atoms with Gasteiger partial charge in [0, 0.05) is 65.6 Å². The number of benzene rings is 4. The standard InChI is InChI=1S/C92H92N4.Ni/c1-85(2,3)53-45-65-66(46-54-86(4,5)6)78-74(62-39-31-26-32-40-62)80-69(49-57-89(13,14)15)70(50-58-90(16,17)18)82(95-80)76(64-43-35-28-36-44-64)84-72(52-60-92(22,23)24)71(51-59-91(19,20)21)83(96-84)75(63-41-33-27-34-42-63)81-68(48-56-88(10,11)12)67(47-55-87(7,8)9)79(94-81)73(77(65)93-78)61-37-29-25-30-38-61;/h25-44H,1-24H3;/q-2;+2. The third kappa shape index (κ3) is 18.5. The first-order valence-corrected chi connectivity index (χ1v) is 33.4. The molecule has 3 aromatic heterocycles. The third-order valence-electron chi connectivity index (χ3n) is 14.4. The van der Waals surface area contributed by atoms with Crippen molar-refractivity contribution in [1.82, 2.24) is 19.9 Å². The fourth-order valence-corrected chi connectivity index (χ4v) is 10.2. The maximum Gasteiger partial charge on any atom is 2.00 e. The van der Waals surface area contributed by atoms with Gasteiger partial charge in [-0.25, -0.2) is 9.97 Å². The van der Waals surface area contributed by atoms with Gasteiger partial charge in [0.2, 0.25) is 0 Å². The minimum Gasteiger partial charge on any atom is -0.655 e. The third-order valence-corrected chi connectivity index (χ3v) is 14.4. The maximum absolute atomic E-state index is 6.15. The summed E-state index contributed by atoms with van der Waals surface area (Å²) >= 11 is 0. The van der Waals surface area contributed by atoms with Gasteiger partial charge in [-0.3, -0.25) is 0 Å². The summed E-state index contributed by atoms with van der Waals surface area (Å²) in [5.41, 5.74) is 12.3. The van der Waals surface area contributed by atoms with Crippen LogP contribution in [0.3, 0.4) is 0 Å². The second-order valence-corrected chi connectivity index (χ2v) is 33.2. The summed E-state index contributed by atoms with van der Waals surface area (Å²) in [6, 6.07) is 41.6. The Kier molecular flexibility index (Phi) is 21.1. The van der Waals surface area contributed by atoms with Crippen LogP contribution in [0.1, 0.15) is 211 Å². The predicted molar refractivity (Wildman–Crippen MR) is 409 cm³/mol. The first-order valence-electron chi connectivity index (χ1n) is 33.4. The second-order valence-electron chi connectivity index (χ2n) is 33.2. The predicted octanol–water partition coefficient (Wildman–Crippen LogP) is 21.8. The molecule has 2 aliphatic rings. The Morgan fingerprint density at radius 3 is 0.536 bits per heavy atom. The fraction of sp³-hybridized carbons (Fsp3) is 0.348. The molecule has 0 radical (unpaired) electrons. The molecule has 8 bridgehead atoms. The number of hydrogen-bond acceptors (Lipinski definition) is 2.